The molecule has 0 N–H and O–H groups in total. The van der Waals surface area contributed by atoms with Gasteiger partial charge in [0.05, 0.1) is 0 Å². The summed E-state index contributed by atoms with van der Waals surface area (Å²) in [5.74, 6) is -0.119. The van der Waals surface area contributed by atoms with Gasteiger partial charge in [0.1, 0.15) is 0 Å². The fraction of sp³-hybridized carbons (Fsp3) is 0.500. The molecule has 0 aliphatic carbocycles. The largest absolute Gasteiger partial charge is 0.228 e. The highest BCUT2D eigenvalue weighted by atomic mass is 19.1. The maximum atomic E-state index is 13.0. The molecule has 0 saturated carbocycles. The Kier molecular flexibility index (Phi) is 2.79. The summed E-state index contributed by atoms with van der Waals surface area (Å²) < 4.78 is 13.0. The average molecular weight is 167 g/mol. The Hall–Kier alpha value is -0.920. The van der Waals surface area contributed by atoms with Gasteiger partial charge in [0.15, 0.2) is 0 Å². The summed E-state index contributed by atoms with van der Waals surface area (Å²) in [6, 6.07) is 1.90. The molecule has 0 spiro atoms. The van der Waals surface area contributed by atoms with Crippen LogP contribution in [0.15, 0.2) is 12.3 Å². The maximum absolute atomic E-state index is 13.0. The zero-order chi connectivity index (χ0) is 9.14. The lowest BCUT2D eigenvalue weighted by Gasteiger charge is -2.07. The predicted octanol–water partition coefficient (Wildman–Crippen LogP) is 2.91. The molecule has 12 heavy (non-hydrogen) atoms. The second-order valence-corrected chi connectivity index (χ2v) is 3.23. The van der Waals surface area contributed by atoms with E-state index in [2.05, 4.69) is 4.98 Å². The number of rotatable bonds is 2. The number of hydrogen-bond acceptors (Lipinski definition) is 1. The summed E-state index contributed by atoms with van der Waals surface area (Å²) in [4.78, 5) is 3.70. The Bertz CT molecular complexity index is 269. The molecule has 0 aliphatic rings. The summed E-state index contributed by atoms with van der Waals surface area (Å²) >= 11 is 0. The van der Waals surface area contributed by atoms with Gasteiger partial charge in [-0.25, -0.2) is 4.98 Å². The van der Waals surface area contributed by atoms with E-state index in [0.29, 0.717) is 5.56 Å². The first kappa shape index (κ1) is 9.17. The summed E-state index contributed by atoms with van der Waals surface area (Å²) in [5, 5.41) is 0. The van der Waals surface area contributed by atoms with Crippen LogP contribution in [-0.4, -0.2) is 4.98 Å². The van der Waals surface area contributed by atoms with Gasteiger partial charge in [-0.15, -0.1) is 0 Å². The summed E-state index contributed by atoms with van der Waals surface area (Å²) in [5.41, 5.74) is 1.81. The van der Waals surface area contributed by atoms with Crippen molar-refractivity contribution in [2.24, 2.45) is 0 Å². The standard InChI is InChI=1S/C10H14FN/c1-4-8-5-9(7(2)3)10(11)12-6-8/h5-7H,4H2,1-3H3. The van der Waals surface area contributed by atoms with Crippen molar-refractivity contribution in [2.75, 3.05) is 0 Å². The molecular formula is C10H14FN. The summed E-state index contributed by atoms with van der Waals surface area (Å²) in [6.45, 7) is 5.98. The Morgan fingerprint density at radius 3 is 2.67 bits per heavy atom. The molecule has 1 heterocycles. The van der Waals surface area contributed by atoms with E-state index in [-0.39, 0.29) is 11.9 Å². The fourth-order valence-electron chi connectivity index (χ4n) is 1.11. The molecule has 0 radical (unpaired) electrons. The Morgan fingerprint density at radius 1 is 1.50 bits per heavy atom. The van der Waals surface area contributed by atoms with E-state index >= 15 is 0 Å². The van der Waals surface area contributed by atoms with Crippen LogP contribution in [0.4, 0.5) is 4.39 Å². The van der Waals surface area contributed by atoms with Crippen LogP contribution in [0, 0.1) is 5.95 Å². The van der Waals surface area contributed by atoms with E-state index < -0.39 is 0 Å². The molecular weight excluding hydrogens is 153 g/mol. The zero-order valence-corrected chi connectivity index (χ0v) is 7.76. The quantitative estimate of drug-likeness (QED) is 0.617. The highest BCUT2D eigenvalue weighted by Gasteiger charge is 2.07. The average Bonchev–Trinajstić information content (AvgIpc) is 2.05. The predicted molar refractivity (Wildman–Crippen MR) is 47.7 cm³/mol. The van der Waals surface area contributed by atoms with Crippen LogP contribution in [0.25, 0.3) is 0 Å². The van der Waals surface area contributed by atoms with Crippen molar-refractivity contribution in [2.45, 2.75) is 33.1 Å². The first-order valence-electron chi connectivity index (χ1n) is 4.29. The van der Waals surface area contributed by atoms with Crippen LogP contribution in [0.1, 0.15) is 37.8 Å². The van der Waals surface area contributed by atoms with Gasteiger partial charge in [0.25, 0.3) is 0 Å². The van der Waals surface area contributed by atoms with Crippen LogP contribution in [-0.2, 0) is 6.42 Å². The monoisotopic (exact) mass is 167 g/mol. The van der Waals surface area contributed by atoms with E-state index in [1.165, 1.54) is 0 Å². The first-order chi connectivity index (χ1) is 5.65. The van der Waals surface area contributed by atoms with Gasteiger partial charge in [0.2, 0.25) is 5.95 Å². The molecule has 1 nitrogen and oxygen atoms in total. The van der Waals surface area contributed by atoms with Crippen LogP contribution in [0.3, 0.4) is 0 Å². The molecule has 0 saturated heterocycles. The molecule has 0 atom stereocenters. The first-order valence-corrected chi connectivity index (χ1v) is 4.29. The van der Waals surface area contributed by atoms with Gasteiger partial charge < -0.3 is 0 Å². The molecule has 0 bridgehead atoms. The third kappa shape index (κ3) is 1.81. The molecule has 1 aromatic rings. The number of aromatic nitrogens is 1. The Morgan fingerprint density at radius 2 is 2.17 bits per heavy atom. The van der Waals surface area contributed by atoms with Crippen molar-refractivity contribution < 1.29 is 4.39 Å². The lowest BCUT2D eigenvalue weighted by molar-refractivity contribution is 0.555. The second kappa shape index (κ2) is 3.65. The van der Waals surface area contributed by atoms with Gasteiger partial charge in [-0.2, -0.15) is 4.39 Å². The van der Waals surface area contributed by atoms with Crippen molar-refractivity contribution in [1.82, 2.24) is 4.98 Å². The SMILES string of the molecule is CCc1cnc(F)c(C(C)C)c1. The summed E-state index contributed by atoms with van der Waals surface area (Å²) in [7, 11) is 0. The van der Waals surface area contributed by atoms with Crippen LogP contribution in [0.5, 0.6) is 0 Å². The van der Waals surface area contributed by atoms with Crippen LogP contribution >= 0.6 is 0 Å². The summed E-state index contributed by atoms with van der Waals surface area (Å²) in [6.07, 6.45) is 2.51. The van der Waals surface area contributed by atoms with Crippen LogP contribution in [0.2, 0.25) is 0 Å². The minimum absolute atomic E-state index is 0.212. The molecule has 0 aromatic carbocycles. The Labute approximate surface area is 72.6 Å². The van der Waals surface area contributed by atoms with Crippen molar-refractivity contribution in [1.29, 1.82) is 0 Å². The normalized spacial score (nSPS) is 10.8. The smallest absolute Gasteiger partial charge is 0.216 e. The molecule has 66 valence electrons. The van der Waals surface area contributed by atoms with Crippen molar-refractivity contribution in [3.05, 3.63) is 29.3 Å². The highest BCUT2D eigenvalue weighted by Crippen LogP contribution is 2.17. The molecule has 0 fully saturated rings. The number of nitrogens with zero attached hydrogens (tertiary/aromatic N) is 1. The number of hydrogen-bond donors (Lipinski definition) is 0. The molecule has 2 heteroatoms. The lowest BCUT2D eigenvalue weighted by Crippen LogP contribution is -1.97. The van der Waals surface area contributed by atoms with Gasteiger partial charge in [-0.3, -0.25) is 0 Å². The lowest BCUT2D eigenvalue weighted by atomic mass is 10.0. The Balaban J connectivity index is 3.08. The van der Waals surface area contributed by atoms with Crippen molar-refractivity contribution >= 4 is 0 Å². The topological polar surface area (TPSA) is 12.9 Å². The van der Waals surface area contributed by atoms with Gasteiger partial charge in [-0.1, -0.05) is 20.8 Å². The molecule has 0 unspecified atom stereocenters. The zero-order valence-electron chi connectivity index (χ0n) is 7.76. The van der Waals surface area contributed by atoms with E-state index in [1.807, 2.05) is 26.8 Å². The van der Waals surface area contributed by atoms with E-state index in [1.54, 1.807) is 6.20 Å². The number of halogens is 1. The fourth-order valence-corrected chi connectivity index (χ4v) is 1.11. The number of aryl methyl sites for hydroxylation is 1. The van der Waals surface area contributed by atoms with E-state index in [4.69, 9.17) is 0 Å². The van der Waals surface area contributed by atoms with E-state index in [9.17, 15) is 4.39 Å². The van der Waals surface area contributed by atoms with Crippen molar-refractivity contribution in [3.63, 3.8) is 0 Å². The van der Waals surface area contributed by atoms with Gasteiger partial charge in [0, 0.05) is 11.8 Å². The highest BCUT2D eigenvalue weighted by molar-refractivity contribution is 5.21. The maximum Gasteiger partial charge on any atom is 0.216 e. The molecule has 0 amide bonds. The third-order valence-electron chi connectivity index (χ3n) is 1.95. The van der Waals surface area contributed by atoms with Crippen molar-refractivity contribution in [3.8, 4) is 0 Å². The number of pyridine rings is 1. The molecule has 1 aromatic heterocycles. The van der Waals surface area contributed by atoms with E-state index in [0.717, 1.165) is 12.0 Å². The van der Waals surface area contributed by atoms with Gasteiger partial charge >= 0.3 is 0 Å². The third-order valence-corrected chi connectivity index (χ3v) is 1.95. The van der Waals surface area contributed by atoms with Gasteiger partial charge in [-0.05, 0) is 24.0 Å². The minimum atomic E-state index is -0.331. The van der Waals surface area contributed by atoms with Crippen LogP contribution < -0.4 is 0 Å². The molecule has 1 rings (SSSR count). The molecule has 0 aliphatic heterocycles. The second-order valence-electron chi connectivity index (χ2n) is 3.23. The minimum Gasteiger partial charge on any atom is -0.228 e.